The van der Waals surface area contributed by atoms with Crippen molar-refractivity contribution in [3.63, 3.8) is 0 Å². The van der Waals surface area contributed by atoms with E-state index in [0.717, 1.165) is 19.3 Å². The molecular weight excluding hydrogens is 292 g/mol. The molecule has 0 aliphatic rings. The van der Waals surface area contributed by atoms with Crippen LogP contribution in [-0.4, -0.2) is 23.1 Å². The van der Waals surface area contributed by atoms with Crippen molar-refractivity contribution in [2.24, 2.45) is 17.3 Å². The number of hydrogen-bond donors (Lipinski definition) is 1. The zero-order chi connectivity index (χ0) is 18.0. The van der Waals surface area contributed by atoms with Gasteiger partial charge in [0.15, 0.2) is 5.41 Å². The van der Waals surface area contributed by atoms with Gasteiger partial charge in [-0.05, 0) is 44.4 Å². The van der Waals surface area contributed by atoms with E-state index in [9.17, 15) is 14.7 Å². The standard InChI is InChI=1S/C19H36O4/c1-7-8-9-10-11-16(6)23-18(22)19(17(20)21,12-14(2)3)13-15(4)5/h14-16H,7-13H2,1-6H3,(H,20,21). The Labute approximate surface area is 142 Å². The number of unbranched alkanes of at least 4 members (excludes halogenated alkanes) is 3. The number of aliphatic carboxylic acids is 1. The summed E-state index contributed by atoms with van der Waals surface area (Å²) in [4.78, 5) is 24.6. The predicted molar refractivity (Wildman–Crippen MR) is 93.3 cm³/mol. The molecule has 4 nitrogen and oxygen atoms in total. The SMILES string of the molecule is CCCCCCC(C)OC(=O)C(CC(C)C)(CC(C)C)C(=O)O. The number of rotatable bonds is 12. The highest BCUT2D eigenvalue weighted by Crippen LogP contribution is 2.36. The number of carbonyl (C=O) groups excluding carboxylic acids is 1. The van der Waals surface area contributed by atoms with E-state index in [4.69, 9.17) is 4.74 Å². The van der Waals surface area contributed by atoms with Crippen LogP contribution in [0.15, 0.2) is 0 Å². The van der Waals surface area contributed by atoms with Gasteiger partial charge >= 0.3 is 11.9 Å². The molecule has 0 saturated carbocycles. The van der Waals surface area contributed by atoms with E-state index in [1.807, 2.05) is 34.6 Å². The fourth-order valence-electron chi connectivity index (χ4n) is 3.12. The molecule has 0 aromatic rings. The van der Waals surface area contributed by atoms with Crippen LogP contribution in [0.3, 0.4) is 0 Å². The minimum absolute atomic E-state index is 0.122. The zero-order valence-corrected chi connectivity index (χ0v) is 15.9. The Balaban J connectivity index is 4.94. The smallest absolute Gasteiger partial charge is 0.323 e. The first-order valence-electron chi connectivity index (χ1n) is 9.10. The van der Waals surface area contributed by atoms with Gasteiger partial charge < -0.3 is 9.84 Å². The zero-order valence-electron chi connectivity index (χ0n) is 15.9. The Bertz CT molecular complexity index is 350. The van der Waals surface area contributed by atoms with Crippen molar-refractivity contribution in [2.75, 3.05) is 0 Å². The van der Waals surface area contributed by atoms with Crippen molar-refractivity contribution in [3.05, 3.63) is 0 Å². The van der Waals surface area contributed by atoms with E-state index in [0.29, 0.717) is 12.8 Å². The van der Waals surface area contributed by atoms with Gasteiger partial charge in [0, 0.05) is 0 Å². The highest BCUT2D eigenvalue weighted by atomic mass is 16.5. The number of carbonyl (C=O) groups is 2. The summed E-state index contributed by atoms with van der Waals surface area (Å²) in [5.74, 6) is -1.37. The van der Waals surface area contributed by atoms with Crippen LogP contribution in [-0.2, 0) is 14.3 Å². The Kier molecular flexibility index (Phi) is 10.2. The molecule has 136 valence electrons. The van der Waals surface area contributed by atoms with Crippen LogP contribution in [0.5, 0.6) is 0 Å². The normalized spacial score (nSPS) is 13.4. The van der Waals surface area contributed by atoms with Crippen LogP contribution in [0.2, 0.25) is 0 Å². The van der Waals surface area contributed by atoms with Gasteiger partial charge in [0.05, 0.1) is 6.10 Å². The summed E-state index contributed by atoms with van der Waals surface area (Å²) in [7, 11) is 0. The van der Waals surface area contributed by atoms with E-state index >= 15 is 0 Å². The van der Waals surface area contributed by atoms with Crippen LogP contribution < -0.4 is 0 Å². The third-order valence-corrected chi connectivity index (χ3v) is 4.09. The lowest BCUT2D eigenvalue weighted by atomic mass is 9.74. The minimum Gasteiger partial charge on any atom is -0.480 e. The van der Waals surface area contributed by atoms with Crippen LogP contribution in [0, 0.1) is 17.3 Å². The number of carboxylic acids is 1. The van der Waals surface area contributed by atoms with E-state index in [2.05, 4.69) is 6.92 Å². The molecule has 0 aromatic heterocycles. The van der Waals surface area contributed by atoms with Gasteiger partial charge in [0.1, 0.15) is 0 Å². The maximum absolute atomic E-state index is 12.7. The lowest BCUT2D eigenvalue weighted by Crippen LogP contribution is -2.44. The lowest BCUT2D eigenvalue weighted by Gasteiger charge is -2.31. The molecule has 0 aliphatic carbocycles. The number of hydrogen-bond acceptors (Lipinski definition) is 3. The monoisotopic (exact) mass is 328 g/mol. The maximum Gasteiger partial charge on any atom is 0.323 e. The second kappa shape index (κ2) is 10.7. The molecule has 23 heavy (non-hydrogen) atoms. The van der Waals surface area contributed by atoms with Gasteiger partial charge in [-0.3, -0.25) is 9.59 Å². The Hall–Kier alpha value is -1.06. The second-order valence-electron chi connectivity index (χ2n) is 7.65. The summed E-state index contributed by atoms with van der Waals surface area (Å²) in [6.45, 7) is 11.8. The fourth-order valence-corrected chi connectivity index (χ4v) is 3.12. The van der Waals surface area contributed by atoms with Gasteiger partial charge in [-0.2, -0.15) is 0 Å². The first-order valence-corrected chi connectivity index (χ1v) is 9.10. The van der Waals surface area contributed by atoms with Gasteiger partial charge in [-0.25, -0.2) is 0 Å². The number of ether oxygens (including phenoxy) is 1. The van der Waals surface area contributed by atoms with Crippen molar-refractivity contribution in [1.29, 1.82) is 0 Å². The van der Waals surface area contributed by atoms with Crippen LogP contribution >= 0.6 is 0 Å². The average molecular weight is 328 g/mol. The minimum atomic E-state index is -1.42. The summed E-state index contributed by atoms with van der Waals surface area (Å²) in [5, 5.41) is 9.75. The highest BCUT2D eigenvalue weighted by molar-refractivity contribution is 5.99. The predicted octanol–water partition coefficient (Wildman–Crippen LogP) is 5.05. The third-order valence-electron chi connectivity index (χ3n) is 4.09. The van der Waals surface area contributed by atoms with Crippen molar-refractivity contribution >= 4 is 11.9 Å². The molecule has 1 atom stereocenters. The molecule has 0 heterocycles. The molecular formula is C19H36O4. The second-order valence-corrected chi connectivity index (χ2v) is 7.65. The van der Waals surface area contributed by atoms with Gasteiger partial charge in [0.25, 0.3) is 0 Å². The van der Waals surface area contributed by atoms with Crippen molar-refractivity contribution < 1.29 is 19.4 Å². The molecule has 0 aromatic carbocycles. The Morgan fingerprint density at radius 3 is 1.87 bits per heavy atom. The lowest BCUT2D eigenvalue weighted by molar-refractivity contribution is -0.175. The Morgan fingerprint density at radius 2 is 1.48 bits per heavy atom. The molecule has 0 spiro atoms. The fraction of sp³-hybridized carbons (Fsp3) is 0.895. The third kappa shape index (κ3) is 7.85. The summed E-state index contributed by atoms with van der Waals surface area (Å²) in [6, 6.07) is 0. The van der Waals surface area contributed by atoms with Gasteiger partial charge in [-0.1, -0.05) is 53.9 Å². The van der Waals surface area contributed by atoms with E-state index in [1.165, 1.54) is 12.8 Å². The molecule has 0 bridgehead atoms. The topological polar surface area (TPSA) is 63.6 Å². The Morgan fingerprint density at radius 1 is 0.957 bits per heavy atom. The molecule has 0 rings (SSSR count). The van der Waals surface area contributed by atoms with E-state index in [1.54, 1.807) is 0 Å². The quantitative estimate of drug-likeness (QED) is 0.309. The molecule has 0 aliphatic heterocycles. The van der Waals surface area contributed by atoms with E-state index < -0.39 is 17.4 Å². The van der Waals surface area contributed by atoms with Crippen LogP contribution in [0.1, 0.15) is 86.5 Å². The largest absolute Gasteiger partial charge is 0.480 e. The molecule has 0 amide bonds. The van der Waals surface area contributed by atoms with Crippen LogP contribution in [0.25, 0.3) is 0 Å². The molecule has 4 heteroatoms. The van der Waals surface area contributed by atoms with Gasteiger partial charge in [-0.15, -0.1) is 0 Å². The molecule has 1 unspecified atom stereocenters. The molecule has 1 N–H and O–H groups in total. The molecule has 0 saturated heterocycles. The van der Waals surface area contributed by atoms with Crippen molar-refractivity contribution in [3.8, 4) is 0 Å². The first-order chi connectivity index (χ1) is 10.7. The summed E-state index contributed by atoms with van der Waals surface area (Å²) >= 11 is 0. The molecule has 0 fully saturated rings. The van der Waals surface area contributed by atoms with Crippen molar-refractivity contribution in [2.45, 2.75) is 92.6 Å². The number of esters is 1. The summed E-state index contributed by atoms with van der Waals surface area (Å²) < 4.78 is 5.54. The average Bonchev–Trinajstić information content (AvgIpc) is 2.41. The van der Waals surface area contributed by atoms with E-state index in [-0.39, 0.29) is 17.9 Å². The summed E-state index contributed by atoms with van der Waals surface area (Å²) in [6.07, 6.45) is 5.70. The molecule has 0 radical (unpaired) electrons. The van der Waals surface area contributed by atoms with Crippen LogP contribution in [0.4, 0.5) is 0 Å². The van der Waals surface area contributed by atoms with Crippen molar-refractivity contribution in [1.82, 2.24) is 0 Å². The first kappa shape index (κ1) is 21.9. The van der Waals surface area contributed by atoms with Gasteiger partial charge in [0.2, 0.25) is 0 Å². The number of carboxylic acid groups (broad SMARTS) is 1. The maximum atomic E-state index is 12.7. The highest BCUT2D eigenvalue weighted by Gasteiger charge is 2.48. The summed E-state index contributed by atoms with van der Waals surface area (Å²) in [5.41, 5.74) is -1.42.